The standard InChI is InChI=1S/C11H17N3S/c1-2-9(1)10-7-14(5-3-12-10)8-11-13-4-6-15-11/h4,6,9-10,12H,1-3,5,7-8H2. The summed E-state index contributed by atoms with van der Waals surface area (Å²) in [7, 11) is 0. The smallest absolute Gasteiger partial charge is 0.107 e. The number of rotatable bonds is 3. The summed E-state index contributed by atoms with van der Waals surface area (Å²) in [5.41, 5.74) is 0. The third-order valence-corrected chi connectivity index (χ3v) is 4.09. The summed E-state index contributed by atoms with van der Waals surface area (Å²) in [6, 6.07) is 0.749. The molecular weight excluding hydrogens is 206 g/mol. The SMILES string of the molecule is c1csc(CN2CCNC(C3CC3)C2)n1. The van der Waals surface area contributed by atoms with Crippen molar-refractivity contribution in [2.45, 2.75) is 25.4 Å². The number of thiazole rings is 1. The van der Waals surface area contributed by atoms with Crippen LogP contribution in [0.1, 0.15) is 17.8 Å². The van der Waals surface area contributed by atoms with Gasteiger partial charge in [-0.15, -0.1) is 11.3 Å². The molecule has 82 valence electrons. The molecule has 1 aliphatic heterocycles. The molecule has 0 bridgehead atoms. The van der Waals surface area contributed by atoms with Crippen molar-refractivity contribution in [3.63, 3.8) is 0 Å². The minimum Gasteiger partial charge on any atom is -0.311 e. The second-order valence-electron chi connectivity index (χ2n) is 4.56. The molecule has 4 heteroatoms. The van der Waals surface area contributed by atoms with Crippen molar-refractivity contribution < 1.29 is 0 Å². The fraction of sp³-hybridized carbons (Fsp3) is 0.727. The molecule has 15 heavy (non-hydrogen) atoms. The molecule has 3 rings (SSSR count). The lowest BCUT2D eigenvalue weighted by Crippen LogP contribution is -2.51. The molecule has 2 heterocycles. The fourth-order valence-electron chi connectivity index (χ4n) is 2.32. The lowest BCUT2D eigenvalue weighted by molar-refractivity contribution is 0.181. The summed E-state index contributed by atoms with van der Waals surface area (Å²) >= 11 is 1.77. The van der Waals surface area contributed by atoms with Crippen molar-refractivity contribution in [2.24, 2.45) is 5.92 Å². The number of nitrogens with zero attached hydrogens (tertiary/aromatic N) is 2. The normalized spacial score (nSPS) is 28.1. The Morgan fingerprint density at radius 1 is 1.53 bits per heavy atom. The summed E-state index contributed by atoms with van der Waals surface area (Å²) in [5.74, 6) is 0.962. The Balaban J connectivity index is 1.56. The number of aromatic nitrogens is 1. The van der Waals surface area contributed by atoms with E-state index in [0.717, 1.165) is 25.0 Å². The average molecular weight is 223 g/mol. The molecule has 1 unspecified atom stereocenters. The van der Waals surface area contributed by atoms with Crippen molar-refractivity contribution in [2.75, 3.05) is 19.6 Å². The van der Waals surface area contributed by atoms with E-state index in [1.165, 1.54) is 30.9 Å². The molecule has 1 aromatic heterocycles. The Kier molecular flexibility index (Phi) is 2.73. The molecule has 1 N–H and O–H groups in total. The quantitative estimate of drug-likeness (QED) is 0.838. The number of piperazine rings is 1. The van der Waals surface area contributed by atoms with Crippen LogP contribution < -0.4 is 5.32 Å². The zero-order valence-electron chi connectivity index (χ0n) is 8.85. The van der Waals surface area contributed by atoms with Gasteiger partial charge in [-0.1, -0.05) is 0 Å². The zero-order chi connectivity index (χ0) is 10.1. The minimum atomic E-state index is 0.749. The Labute approximate surface area is 94.5 Å². The molecule has 3 nitrogen and oxygen atoms in total. The van der Waals surface area contributed by atoms with Crippen molar-refractivity contribution >= 4 is 11.3 Å². The van der Waals surface area contributed by atoms with E-state index < -0.39 is 0 Å². The van der Waals surface area contributed by atoms with E-state index in [-0.39, 0.29) is 0 Å². The predicted octanol–water partition coefficient (Wildman–Crippen LogP) is 1.33. The highest BCUT2D eigenvalue weighted by atomic mass is 32.1. The van der Waals surface area contributed by atoms with Gasteiger partial charge in [0.25, 0.3) is 0 Å². The van der Waals surface area contributed by atoms with Crippen LogP contribution in [0.3, 0.4) is 0 Å². The Hall–Kier alpha value is -0.450. The van der Waals surface area contributed by atoms with Crippen molar-refractivity contribution in [1.82, 2.24) is 15.2 Å². The summed E-state index contributed by atoms with van der Waals surface area (Å²) in [5, 5.41) is 6.95. The Morgan fingerprint density at radius 3 is 3.20 bits per heavy atom. The van der Waals surface area contributed by atoms with Gasteiger partial charge < -0.3 is 5.32 Å². The number of nitrogens with one attached hydrogen (secondary N) is 1. The monoisotopic (exact) mass is 223 g/mol. The van der Waals surface area contributed by atoms with Crippen molar-refractivity contribution in [1.29, 1.82) is 0 Å². The maximum Gasteiger partial charge on any atom is 0.107 e. The van der Waals surface area contributed by atoms with Gasteiger partial charge in [-0.25, -0.2) is 4.98 Å². The summed E-state index contributed by atoms with van der Waals surface area (Å²) in [6.45, 7) is 4.57. The molecule has 0 spiro atoms. The molecule has 1 aromatic rings. The van der Waals surface area contributed by atoms with Gasteiger partial charge in [-0.05, 0) is 18.8 Å². The maximum atomic E-state index is 4.35. The second kappa shape index (κ2) is 4.20. The Bertz CT molecular complexity index is 308. The molecule has 1 saturated heterocycles. The highest BCUT2D eigenvalue weighted by molar-refractivity contribution is 7.09. The van der Waals surface area contributed by atoms with E-state index in [4.69, 9.17) is 0 Å². The van der Waals surface area contributed by atoms with E-state index in [1.807, 2.05) is 6.20 Å². The summed E-state index contributed by atoms with van der Waals surface area (Å²) in [6.07, 6.45) is 4.77. The van der Waals surface area contributed by atoms with Gasteiger partial charge in [-0.3, -0.25) is 4.90 Å². The van der Waals surface area contributed by atoms with Crippen LogP contribution in [0.5, 0.6) is 0 Å². The fourth-order valence-corrected chi connectivity index (χ4v) is 2.98. The first-order valence-electron chi connectivity index (χ1n) is 5.76. The van der Waals surface area contributed by atoms with Crippen molar-refractivity contribution in [3.8, 4) is 0 Å². The van der Waals surface area contributed by atoms with Gasteiger partial charge in [0.15, 0.2) is 0 Å². The molecule has 2 aliphatic rings. The van der Waals surface area contributed by atoms with Crippen LogP contribution in [0.25, 0.3) is 0 Å². The van der Waals surface area contributed by atoms with Crippen LogP contribution in [0.2, 0.25) is 0 Å². The van der Waals surface area contributed by atoms with Crippen LogP contribution in [0.4, 0.5) is 0 Å². The zero-order valence-corrected chi connectivity index (χ0v) is 9.67. The molecule has 0 radical (unpaired) electrons. The van der Waals surface area contributed by atoms with Gasteiger partial charge in [0.2, 0.25) is 0 Å². The molecular formula is C11H17N3S. The third-order valence-electron chi connectivity index (χ3n) is 3.32. The van der Waals surface area contributed by atoms with E-state index in [9.17, 15) is 0 Å². The van der Waals surface area contributed by atoms with Gasteiger partial charge in [0.05, 0.1) is 6.54 Å². The first-order valence-corrected chi connectivity index (χ1v) is 6.64. The summed E-state index contributed by atoms with van der Waals surface area (Å²) in [4.78, 5) is 6.89. The van der Waals surface area contributed by atoms with E-state index >= 15 is 0 Å². The lowest BCUT2D eigenvalue weighted by atomic mass is 10.1. The van der Waals surface area contributed by atoms with Crippen LogP contribution in [-0.4, -0.2) is 35.6 Å². The van der Waals surface area contributed by atoms with Crippen LogP contribution >= 0.6 is 11.3 Å². The number of hydrogen-bond donors (Lipinski definition) is 1. The molecule has 1 atom stereocenters. The van der Waals surface area contributed by atoms with Gasteiger partial charge >= 0.3 is 0 Å². The molecule has 0 aromatic carbocycles. The maximum absolute atomic E-state index is 4.35. The minimum absolute atomic E-state index is 0.749. The van der Waals surface area contributed by atoms with E-state index in [0.29, 0.717) is 0 Å². The van der Waals surface area contributed by atoms with E-state index in [1.54, 1.807) is 11.3 Å². The first-order chi connectivity index (χ1) is 7.42. The molecule has 1 saturated carbocycles. The molecule has 0 amide bonds. The third kappa shape index (κ3) is 2.38. The highest BCUT2D eigenvalue weighted by Gasteiger charge is 2.33. The highest BCUT2D eigenvalue weighted by Crippen LogP contribution is 2.33. The first kappa shape index (κ1) is 9.75. The average Bonchev–Trinajstić information content (AvgIpc) is 3.00. The number of hydrogen-bond acceptors (Lipinski definition) is 4. The molecule has 1 aliphatic carbocycles. The Morgan fingerprint density at radius 2 is 2.47 bits per heavy atom. The lowest BCUT2D eigenvalue weighted by Gasteiger charge is -2.33. The topological polar surface area (TPSA) is 28.2 Å². The largest absolute Gasteiger partial charge is 0.311 e. The van der Waals surface area contributed by atoms with Crippen LogP contribution in [0, 0.1) is 5.92 Å². The van der Waals surface area contributed by atoms with E-state index in [2.05, 4.69) is 20.6 Å². The van der Waals surface area contributed by atoms with Crippen LogP contribution in [0.15, 0.2) is 11.6 Å². The van der Waals surface area contributed by atoms with Gasteiger partial charge in [0.1, 0.15) is 5.01 Å². The van der Waals surface area contributed by atoms with Crippen molar-refractivity contribution in [3.05, 3.63) is 16.6 Å². The second-order valence-corrected chi connectivity index (χ2v) is 5.54. The summed E-state index contributed by atoms with van der Waals surface area (Å²) < 4.78 is 0. The molecule has 2 fully saturated rings. The predicted molar refractivity (Wildman–Crippen MR) is 61.9 cm³/mol. The van der Waals surface area contributed by atoms with Gasteiger partial charge in [0, 0.05) is 37.3 Å². The van der Waals surface area contributed by atoms with Gasteiger partial charge in [-0.2, -0.15) is 0 Å². The van der Waals surface area contributed by atoms with Crippen LogP contribution in [-0.2, 0) is 6.54 Å².